The van der Waals surface area contributed by atoms with Crippen LogP contribution in [0.25, 0.3) is 11.6 Å². The van der Waals surface area contributed by atoms with Gasteiger partial charge in [-0.15, -0.1) is 11.8 Å². The van der Waals surface area contributed by atoms with Crippen molar-refractivity contribution in [2.24, 2.45) is 11.7 Å². The van der Waals surface area contributed by atoms with Crippen molar-refractivity contribution < 1.29 is 27.4 Å². The molecule has 3 rings (SSSR count). The lowest BCUT2D eigenvalue weighted by Gasteiger charge is -2.12. The SMILES string of the molecule is COc1ccc(/C=C/C(N)=C(/C(=O)N/C=C\SC)c2ccc(C(F)(F)F)cc2)cc1OCC1CC1. The third-order valence-corrected chi connectivity index (χ3v) is 5.66. The van der Waals surface area contributed by atoms with Crippen molar-refractivity contribution in [3.63, 3.8) is 0 Å². The molecule has 0 unspecified atom stereocenters. The minimum atomic E-state index is -4.48. The van der Waals surface area contributed by atoms with E-state index in [4.69, 9.17) is 15.2 Å². The van der Waals surface area contributed by atoms with Gasteiger partial charge in [0.25, 0.3) is 5.91 Å². The summed E-state index contributed by atoms with van der Waals surface area (Å²) in [6, 6.07) is 9.70. The maximum absolute atomic E-state index is 13.0. The molecule has 0 spiro atoms. The third-order valence-electron chi connectivity index (χ3n) is 5.25. The Bertz CT molecular complexity index is 1120. The molecular formula is C26H27F3N2O3S. The molecule has 2 aromatic rings. The van der Waals surface area contributed by atoms with Gasteiger partial charge in [0.2, 0.25) is 0 Å². The number of alkyl halides is 3. The number of nitrogens with one attached hydrogen (secondary N) is 1. The molecule has 186 valence electrons. The number of hydrogen-bond acceptors (Lipinski definition) is 5. The largest absolute Gasteiger partial charge is 0.493 e. The minimum absolute atomic E-state index is 0.0550. The van der Waals surface area contributed by atoms with Crippen molar-refractivity contribution in [1.82, 2.24) is 5.32 Å². The van der Waals surface area contributed by atoms with Crippen molar-refractivity contribution in [2.45, 2.75) is 19.0 Å². The van der Waals surface area contributed by atoms with E-state index in [0.717, 1.165) is 30.5 Å². The predicted octanol–water partition coefficient (Wildman–Crippen LogP) is 5.84. The lowest BCUT2D eigenvalue weighted by atomic mass is 10.0. The Morgan fingerprint density at radius 2 is 1.89 bits per heavy atom. The Hall–Kier alpha value is -3.33. The molecule has 0 atom stereocenters. The lowest BCUT2D eigenvalue weighted by Crippen LogP contribution is -2.21. The zero-order chi connectivity index (χ0) is 25.4. The molecule has 1 fully saturated rings. The summed E-state index contributed by atoms with van der Waals surface area (Å²) < 4.78 is 50.2. The summed E-state index contributed by atoms with van der Waals surface area (Å²) in [5.74, 6) is 1.24. The molecule has 2 aromatic carbocycles. The van der Waals surface area contributed by atoms with Gasteiger partial charge in [-0.05, 0) is 71.9 Å². The van der Waals surface area contributed by atoms with E-state index in [1.54, 1.807) is 24.7 Å². The minimum Gasteiger partial charge on any atom is -0.493 e. The zero-order valence-electron chi connectivity index (χ0n) is 19.4. The molecule has 0 aromatic heterocycles. The fraction of sp³-hybridized carbons (Fsp3) is 0.269. The van der Waals surface area contributed by atoms with Crippen molar-refractivity contribution in [3.05, 3.63) is 82.5 Å². The van der Waals surface area contributed by atoms with Gasteiger partial charge >= 0.3 is 6.18 Å². The predicted molar refractivity (Wildman–Crippen MR) is 134 cm³/mol. The van der Waals surface area contributed by atoms with Gasteiger partial charge in [0.05, 0.1) is 24.9 Å². The number of allylic oxidation sites excluding steroid dienone is 1. The van der Waals surface area contributed by atoms with Crippen molar-refractivity contribution in [2.75, 3.05) is 20.0 Å². The van der Waals surface area contributed by atoms with Crippen LogP contribution in [0.15, 0.2) is 65.8 Å². The van der Waals surface area contributed by atoms with Gasteiger partial charge < -0.3 is 20.5 Å². The Kier molecular flexibility index (Phi) is 8.92. The number of halogens is 3. The molecular weight excluding hydrogens is 477 g/mol. The van der Waals surface area contributed by atoms with Crippen LogP contribution in [0.3, 0.4) is 0 Å². The molecule has 9 heteroatoms. The van der Waals surface area contributed by atoms with E-state index in [2.05, 4.69) is 5.32 Å². The summed E-state index contributed by atoms with van der Waals surface area (Å²) in [7, 11) is 1.57. The number of methoxy groups -OCH3 is 1. The number of benzene rings is 2. The standard InChI is InChI=1S/C26H27F3N2O3S/c1-33-22-12-6-17(15-23(22)34-16-18-3-4-18)5-11-21(30)24(25(32)31-13-14-35-2)19-7-9-20(10-8-19)26(27,28)29/h5-15,18H,3-4,16,30H2,1-2H3,(H,31,32)/b11-5+,14-13-,24-21-. The summed E-state index contributed by atoms with van der Waals surface area (Å²) in [6.45, 7) is 0.618. The summed E-state index contributed by atoms with van der Waals surface area (Å²) in [6.07, 6.45) is 4.34. The van der Waals surface area contributed by atoms with Crippen LogP contribution < -0.4 is 20.5 Å². The fourth-order valence-electron chi connectivity index (χ4n) is 3.18. The Balaban J connectivity index is 1.91. The number of hydrogen-bond donors (Lipinski definition) is 2. The molecule has 5 nitrogen and oxygen atoms in total. The Morgan fingerprint density at radius 1 is 1.17 bits per heavy atom. The monoisotopic (exact) mass is 504 g/mol. The van der Waals surface area contributed by atoms with Gasteiger partial charge in [-0.25, -0.2) is 0 Å². The average molecular weight is 505 g/mol. The zero-order valence-corrected chi connectivity index (χ0v) is 20.2. The van der Waals surface area contributed by atoms with Gasteiger partial charge in [0, 0.05) is 11.9 Å². The first-order chi connectivity index (χ1) is 16.7. The van der Waals surface area contributed by atoms with Crippen molar-refractivity contribution in [1.29, 1.82) is 0 Å². The highest BCUT2D eigenvalue weighted by Crippen LogP contribution is 2.34. The summed E-state index contributed by atoms with van der Waals surface area (Å²) in [4.78, 5) is 12.8. The van der Waals surface area contributed by atoms with Crippen LogP contribution >= 0.6 is 11.8 Å². The first kappa shape index (κ1) is 26.3. The quantitative estimate of drug-likeness (QED) is 0.314. The maximum atomic E-state index is 13.0. The fourth-order valence-corrected chi connectivity index (χ4v) is 3.38. The smallest absolute Gasteiger partial charge is 0.416 e. The molecule has 0 radical (unpaired) electrons. The summed E-state index contributed by atoms with van der Waals surface area (Å²) in [5.41, 5.74) is 6.61. The second-order valence-electron chi connectivity index (χ2n) is 7.92. The molecule has 1 amide bonds. The van der Waals surface area contributed by atoms with Gasteiger partial charge in [0.1, 0.15) is 0 Å². The summed E-state index contributed by atoms with van der Waals surface area (Å²) >= 11 is 1.38. The van der Waals surface area contributed by atoms with Crippen LogP contribution in [0.5, 0.6) is 11.5 Å². The van der Waals surface area contributed by atoms with Gasteiger partial charge in [-0.1, -0.05) is 24.3 Å². The van der Waals surface area contributed by atoms with Crippen LogP contribution in [0.4, 0.5) is 13.2 Å². The molecule has 1 aliphatic rings. The number of rotatable bonds is 10. The van der Waals surface area contributed by atoms with Crippen LogP contribution in [0.1, 0.15) is 29.5 Å². The first-order valence-electron chi connectivity index (χ1n) is 10.9. The molecule has 3 N–H and O–H groups in total. The van der Waals surface area contributed by atoms with Gasteiger partial charge in [-0.3, -0.25) is 4.79 Å². The number of carbonyl (C=O) groups excluding carboxylic acids is 1. The van der Waals surface area contributed by atoms with E-state index in [-0.39, 0.29) is 16.8 Å². The second kappa shape index (κ2) is 11.9. The van der Waals surface area contributed by atoms with Crippen LogP contribution in [0, 0.1) is 5.92 Å². The number of carbonyl (C=O) groups is 1. The molecule has 0 bridgehead atoms. The molecule has 1 aliphatic carbocycles. The van der Waals surface area contributed by atoms with Crippen LogP contribution in [-0.2, 0) is 11.0 Å². The number of nitrogens with two attached hydrogens (primary N) is 1. The highest BCUT2D eigenvalue weighted by atomic mass is 32.2. The Morgan fingerprint density at radius 3 is 2.49 bits per heavy atom. The summed E-state index contributed by atoms with van der Waals surface area (Å²) in [5, 5.41) is 4.25. The van der Waals surface area contributed by atoms with E-state index in [1.807, 2.05) is 18.4 Å². The van der Waals surface area contributed by atoms with E-state index >= 15 is 0 Å². The highest BCUT2D eigenvalue weighted by Gasteiger charge is 2.30. The average Bonchev–Trinajstić information content (AvgIpc) is 3.66. The van der Waals surface area contributed by atoms with E-state index in [1.165, 1.54) is 36.2 Å². The van der Waals surface area contributed by atoms with Crippen molar-refractivity contribution >= 4 is 29.3 Å². The van der Waals surface area contributed by atoms with Gasteiger partial charge in [0.15, 0.2) is 11.5 Å². The lowest BCUT2D eigenvalue weighted by molar-refractivity contribution is -0.137. The Labute approximate surface area is 206 Å². The van der Waals surface area contributed by atoms with E-state index in [9.17, 15) is 18.0 Å². The molecule has 35 heavy (non-hydrogen) atoms. The maximum Gasteiger partial charge on any atom is 0.416 e. The van der Waals surface area contributed by atoms with E-state index in [0.29, 0.717) is 24.0 Å². The number of amides is 1. The topological polar surface area (TPSA) is 73.6 Å². The van der Waals surface area contributed by atoms with E-state index < -0.39 is 17.6 Å². The van der Waals surface area contributed by atoms with Crippen LogP contribution in [0.2, 0.25) is 0 Å². The number of ether oxygens (including phenoxy) is 2. The second-order valence-corrected chi connectivity index (χ2v) is 8.66. The van der Waals surface area contributed by atoms with Gasteiger partial charge in [-0.2, -0.15) is 13.2 Å². The normalized spacial score (nSPS) is 14.8. The number of thioether (sulfide) groups is 1. The first-order valence-corrected chi connectivity index (χ1v) is 12.2. The highest BCUT2D eigenvalue weighted by molar-refractivity contribution is 8.01. The third kappa shape index (κ3) is 7.58. The van der Waals surface area contributed by atoms with Crippen LogP contribution in [-0.4, -0.2) is 25.9 Å². The van der Waals surface area contributed by atoms with Crippen molar-refractivity contribution in [3.8, 4) is 11.5 Å². The molecule has 0 aliphatic heterocycles. The molecule has 0 saturated heterocycles. The molecule has 1 saturated carbocycles. The molecule has 0 heterocycles.